The Labute approximate surface area is 124 Å². The maximum atomic E-state index is 12.9. The lowest BCUT2D eigenvalue weighted by atomic mass is 10.2. The average molecular weight is 320 g/mol. The van der Waals surface area contributed by atoms with Crippen LogP contribution in [0.25, 0.3) is 0 Å². The van der Waals surface area contributed by atoms with Crippen LogP contribution in [0.2, 0.25) is 5.02 Å². The van der Waals surface area contributed by atoms with E-state index >= 15 is 0 Å². The standard InChI is InChI=1S/C13H18ClNO4S/c1-9-7-19-8-10(2)15(9)20(16,17)13-6-11(14)4-5-12(13)18-3/h4-6,9-10H,7-8H2,1-3H3/t9-,10-/m1/s1. The Morgan fingerprint density at radius 3 is 2.45 bits per heavy atom. The average Bonchev–Trinajstić information content (AvgIpc) is 2.38. The smallest absolute Gasteiger partial charge is 0.247 e. The van der Waals surface area contributed by atoms with Crippen molar-refractivity contribution in [2.24, 2.45) is 0 Å². The van der Waals surface area contributed by atoms with E-state index in [-0.39, 0.29) is 17.0 Å². The maximum Gasteiger partial charge on any atom is 0.247 e. The van der Waals surface area contributed by atoms with Gasteiger partial charge < -0.3 is 9.47 Å². The molecule has 1 heterocycles. The Balaban J connectivity index is 2.51. The minimum absolute atomic E-state index is 0.0908. The minimum Gasteiger partial charge on any atom is -0.495 e. The number of benzene rings is 1. The summed E-state index contributed by atoms with van der Waals surface area (Å²) < 4.78 is 37.7. The number of sulfonamides is 1. The molecule has 7 heteroatoms. The first-order valence-corrected chi connectivity index (χ1v) is 8.14. The lowest BCUT2D eigenvalue weighted by molar-refractivity contribution is 0.00630. The second-order valence-corrected chi connectivity index (χ2v) is 7.11. The van der Waals surface area contributed by atoms with Crippen molar-refractivity contribution in [3.63, 3.8) is 0 Å². The van der Waals surface area contributed by atoms with Crippen LogP contribution in [0.5, 0.6) is 5.75 Å². The highest BCUT2D eigenvalue weighted by molar-refractivity contribution is 7.89. The van der Waals surface area contributed by atoms with Crippen molar-refractivity contribution in [3.8, 4) is 5.75 Å². The van der Waals surface area contributed by atoms with Crippen molar-refractivity contribution in [2.45, 2.75) is 30.8 Å². The van der Waals surface area contributed by atoms with Crippen LogP contribution in [-0.4, -0.2) is 45.1 Å². The van der Waals surface area contributed by atoms with Gasteiger partial charge in [-0.05, 0) is 32.0 Å². The van der Waals surface area contributed by atoms with Crippen LogP contribution in [0.1, 0.15) is 13.8 Å². The van der Waals surface area contributed by atoms with E-state index in [1.54, 1.807) is 12.1 Å². The highest BCUT2D eigenvalue weighted by atomic mass is 35.5. The van der Waals surface area contributed by atoms with Crippen molar-refractivity contribution in [3.05, 3.63) is 23.2 Å². The minimum atomic E-state index is -3.68. The summed E-state index contributed by atoms with van der Waals surface area (Å²) in [6.07, 6.45) is 0. The molecule has 0 spiro atoms. The van der Waals surface area contributed by atoms with E-state index in [1.165, 1.54) is 17.5 Å². The largest absolute Gasteiger partial charge is 0.495 e. The number of rotatable bonds is 3. The van der Waals surface area contributed by atoms with Crippen molar-refractivity contribution in [1.29, 1.82) is 0 Å². The van der Waals surface area contributed by atoms with Crippen LogP contribution in [0.4, 0.5) is 0 Å². The van der Waals surface area contributed by atoms with Gasteiger partial charge in [0.15, 0.2) is 0 Å². The Bertz CT molecular complexity index is 580. The molecule has 5 nitrogen and oxygen atoms in total. The molecule has 1 saturated heterocycles. The molecule has 20 heavy (non-hydrogen) atoms. The van der Waals surface area contributed by atoms with Crippen LogP contribution < -0.4 is 4.74 Å². The number of hydrogen-bond donors (Lipinski definition) is 0. The van der Waals surface area contributed by atoms with Crippen molar-refractivity contribution < 1.29 is 17.9 Å². The van der Waals surface area contributed by atoms with E-state index in [9.17, 15) is 8.42 Å². The van der Waals surface area contributed by atoms with E-state index in [0.29, 0.717) is 24.0 Å². The quantitative estimate of drug-likeness (QED) is 0.856. The summed E-state index contributed by atoms with van der Waals surface area (Å²) >= 11 is 5.93. The Morgan fingerprint density at radius 2 is 1.90 bits per heavy atom. The number of ether oxygens (including phenoxy) is 2. The fourth-order valence-electron chi connectivity index (χ4n) is 2.43. The molecular weight excluding hydrogens is 302 g/mol. The zero-order valence-electron chi connectivity index (χ0n) is 11.7. The molecule has 0 radical (unpaired) electrons. The number of morpholine rings is 1. The van der Waals surface area contributed by atoms with Crippen LogP contribution in [0.15, 0.2) is 23.1 Å². The van der Waals surface area contributed by atoms with E-state index in [0.717, 1.165) is 0 Å². The summed E-state index contributed by atoms with van der Waals surface area (Å²) in [6, 6.07) is 4.13. The van der Waals surface area contributed by atoms with Gasteiger partial charge in [-0.15, -0.1) is 0 Å². The van der Waals surface area contributed by atoms with E-state index in [4.69, 9.17) is 21.1 Å². The highest BCUT2D eigenvalue weighted by Gasteiger charge is 2.37. The Kier molecular flexibility index (Phi) is 4.59. The van der Waals surface area contributed by atoms with Crippen LogP contribution in [-0.2, 0) is 14.8 Å². The summed E-state index contributed by atoms with van der Waals surface area (Å²) in [5, 5.41) is 0.359. The van der Waals surface area contributed by atoms with Gasteiger partial charge in [-0.1, -0.05) is 11.6 Å². The fourth-order valence-corrected chi connectivity index (χ4v) is 4.64. The normalized spacial score (nSPS) is 24.6. The van der Waals surface area contributed by atoms with Crippen molar-refractivity contribution >= 4 is 21.6 Å². The number of methoxy groups -OCH3 is 1. The molecule has 0 N–H and O–H groups in total. The van der Waals surface area contributed by atoms with Crippen LogP contribution >= 0.6 is 11.6 Å². The first-order valence-electron chi connectivity index (χ1n) is 6.32. The van der Waals surface area contributed by atoms with Gasteiger partial charge in [0.1, 0.15) is 10.6 Å². The maximum absolute atomic E-state index is 12.9. The molecule has 1 aromatic carbocycles. The third-order valence-corrected chi connectivity index (χ3v) is 5.65. The molecule has 0 unspecified atom stereocenters. The monoisotopic (exact) mass is 319 g/mol. The second kappa shape index (κ2) is 5.89. The van der Waals surface area contributed by atoms with Crippen LogP contribution in [0, 0.1) is 0 Å². The summed E-state index contributed by atoms with van der Waals surface area (Å²) in [4.78, 5) is 0.0908. The van der Waals surface area contributed by atoms with E-state index in [2.05, 4.69) is 0 Å². The summed E-state index contributed by atoms with van der Waals surface area (Å²) in [7, 11) is -2.24. The van der Waals surface area contributed by atoms with Gasteiger partial charge in [-0.2, -0.15) is 4.31 Å². The SMILES string of the molecule is COc1ccc(Cl)cc1S(=O)(=O)N1[C@H](C)COC[C@H]1C. The Morgan fingerprint density at radius 1 is 1.30 bits per heavy atom. The molecule has 0 saturated carbocycles. The fraction of sp³-hybridized carbons (Fsp3) is 0.538. The van der Waals surface area contributed by atoms with Gasteiger partial charge in [0.25, 0.3) is 0 Å². The molecule has 0 bridgehead atoms. The molecule has 2 rings (SSSR count). The van der Waals surface area contributed by atoms with Gasteiger partial charge >= 0.3 is 0 Å². The van der Waals surface area contributed by atoms with E-state index < -0.39 is 10.0 Å². The molecule has 1 aliphatic heterocycles. The number of hydrogen-bond acceptors (Lipinski definition) is 4. The molecule has 1 fully saturated rings. The van der Waals surface area contributed by atoms with Crippen LogP contribution in [0.3, 0.4) is 0 Å². The third-order valence-electron chi connectivity index (χ3n) is 3.27. The molecular formula is C13H18ClNO4S. The zero-order chi connectivity index (χ0) is 14.9. The van der Waals surface area contributed by atoms with Gasteiger partial charge in [-0.25, -0.2) is 8.42 Å². The van der Waals surface area contributed by atoms with Gasteiger partial charge in [0.05, 0.1) is 20.3 Å². The molecule has 2 atom stereocenters. The predicted octanol–water partition coefficient (Wildman–Crippen LogP) is 2.15. The summed E-state index contributed by atoms with van der Waals surface area (Å²) in [5.41, 5.74) is 0. The molecule has 112 valence electrons. The predicted molar refractivity (Wildman–Crippen MR) is 76.8 cm³/mol. The third kappa shape index (κ3) is 2.79. The highest BCUT2D eigenvalue weighted by Crippen LogP contribution is 2.32. The Hall–Kier alpha value is -0.820. The molecule has 1 aliphatic rings. The van der Waals surface area contributed by atoms with Gasteiger partial charge in [0, 0.05) is 17.1 Å². The summed E-state index contributed by atoms with van der Waals surface area (Å²) in [6.45, 7) is 4.41. The number of nitrogens with zero attached hydrogens (tertiary/aromatic N) is 1. The lowest BCUT2D eigenvalue weighted by Crippen LogP contribution is -2.52. The lowest BCUT2D eigenvalue weighted by Gasteiger charge is -2.37. The second-order valence-electron chi connectivity index (χ2n) is 4.87. The van der Waals surface area contributed by atoms with Crippen molar-refractivity contribution in [2.75, 3.05) is 20.3 Å². The van der Waals surface area contributed by atoms with Crippen molar-refractivity contribution in [1.82, 2.24) is 4.31 Å². The topological polar surface area (TPSA) is 55.8 Å². The molecule has 0 amide bonds. The van der Waals surface area contributed by atoms with Gasteiger partial charge in [-0.3, -0.25) is 0 Å². The molecule has 0 aliphatic carbocycles. The molecule has 0 aromatic heterocycles. The molecule has 1 aromatic rings. The zero-order valence-corrected chi connectivity index (χ0v) is 13.2. The van der Waals surface area contributed by atoms with Gasteiger partial charge in [0.2, 0.25) is 10.0 Å². The number of halogens is 1. The summed E-state index contributed by atoms with van der Waals surface area (Å²) in [5.74, 6) is 0.292. The first kappa shape index (κ1) is 15.6. The van der Waals surface area contributed by atoms with E-state index in [1.807, 2.05) is 13.8 Å². The first-order chi connectivity index (χ1) is 9.37.